The Labute approximate surface area is 169 Å². The molecular weight excluding hydrogens is 368 g/mol. The first-order chi connectivity index (χ1) is 13.8. The van der Waals surface area contributed by atoms with Crippen LogP contribution >= 0.6 is 11.8 Å². The number of nitrogens with zero attached hydrogens (tertiary/aromatic N) is 3. The van der Waals surface area contributed by atoms with E-state index in [0.29, 0.717) is 16.3 Å². The summed E-state index contributed by atoms with van der Waals surface area (Å²) in [5.41, 5.74) is 1.24. The molecule has 6 heteroatoms. The van der Waals surface area contributed by atoms with Gasteiger partial charge >= 0.3 is 0 Å². The predicted molar refractivity (Wildman–Crippen MR) is 113 cm³/mol. The molecule has 0 saturated carbocycles. The van der Waals surface area contributed by atoms with E-state index in [2.05, 4.69) is 20.2 Å². The zero-order valence-corrected chi connectivity index (χ0v) is 16.4. The summed E-state index contributed by atoms with van der Waals surface area (Å²) in [4.78, 5) is 25.1. The molecule has 3 aromatic rings. The molecule has 0 atom stereocenters. The number of pyridine rings is 2. The quantitative estimate of drug-likeness (QED) is 0.673. The molecule has 0 bridgehead atoms. The number of aromatic nitrogens is 2. The molecule has 1 aliphatic rings. The monoisotopic (exact) mass is 390 g/mol. The molecule has 4 rings (SSSR count). The molecule has 1 N–H and O–H groups in total. The van der Waals surface area contributed by atoms with Gasteiger partial charge in [0.2, 0.25) is 0 Å². The summed E-state index contributed by atoms with van der Waals surface area (Å²) < 4.78 is 0. The first kappa shape index (κ1) is 18.5. The molecule has 0 aliphatic carbocycles. The van der Waals surface area contributed by atoms with Gasteiger partial charge in [0.05, 0.1) is 17.4 Å². The van der Waals surface area contributed by atoms with Crippen LogP contribution in [0.15, 0.2) is 76.9 Å². The van der Waals surface area contributed by atoms with E-state index >= 15 is 0 Å². The van der Waals surface area contributed by atoms with Crippen molar-refractivity contribution in [2.75, 3.05) is 23.3 Å². The van der Waals surface area contributed by atoms with Crippen LogP contribution in [0.4, 0.5) is 11.5 Å². The lowest BCUT2D eigenvalue weighted by atomic mass is 10.1. The minimum Gasteiger partial charge on any atom is -0.357 e. The molecule has 3 heterocycles. The third-order valence-electron chi connectivity index (χ3n) is 4.66. The Kier molecular flexibility index (Phi) is 5.87. The van der Waals surface area contributed by atoms with Crippen molar-refractivity contribution in [3.05, 3.63) is 72.6 Å². The summed E-state index contributed by atoms with van der Waals surface area (Å²) in [7, 11) is 0. The predicted octanol–water partition coefficient (Wildman–Crippen LogP) is 4.87. The van der Waals surface area contributed by atoms with Gasteiger partial charge in [0, 0.05) is 24.2 Å². The number of hydrogen-bond acceptors (Lipinski definition) is 5. The highest BCUT2D eigenvalue weighted by atomic mass is 32.2. The molecule has 28 heavy (non-hydrogen) atoms. The number of amides is 1. The normalized spacial score (nSPS) is 13.9. The van der Waals surface area contributed by atoms with Crippen molar-refractivity contribution >= 4 is 29.2 Å². The van der Waals surface area contributed by atoms with Crippen LogP contribution < -0.4 is 10.2 Å². The number of hydrogen-bond donors (Lipinski definition) is 1. The number of carbonyl (C=O) groups excluding carboxylic acids is 1. The first-order valence-corrected chi connectivity index (χ1v) is 10.3. The fourth-order valence-electron chi connectivity index (χ4n) is 3.21. The van der Waals surface area contributed by atoms with E-state index in [1.807, 2.05) is 42.5 Å². The van der Waals surface area contributed by atoms with Crippen LogP contribution in [0.2, 0.25) is 0 Å². The molecule has 142 valence electrons. The molecular formula is C22H22N4OS. The first-order valence-electron chi connectivity index (χ1n) is 9.50. The summed E-state index contributed by atoms with van der Waals surface area (Å²) in [5.74, 6) is 0.790. The van der Waals surface area contributed by atoms with E-state index in [4.69, 9.17) is 0 Å². The SMILES string of the molecule is O=C(Nc1ccc(N2CCCCC2)nc1)c1cccnc1Sc1ccccc1. The van der Waals surface area contributed by atoms with Crippen LogP contribution in [0, 0.1) is 0 Å². The second kappa shape index (κ2) is 8.89. The highest BCUT2D eigenvalue weighted by molar-refractivity contribution is 7.99. The van der Waals surface area contributed by atoms with Crippen molar-refractivity contribution in [2.24, 2.45) is 0 Å². The van der Waals surface area contributed by atoms with Gasteiger partial charge in [-0.3, -0.25) is 4.79 Å². The maximum atomic E-state index is 12.8. The van der Waals surface area contributed by atoms with Gasteiger partial charge < -0.3 is 10.2 Å². The van der Waals surface area contributed by atoms with E-state index in [1.165, 1.54) is 31.0 Å². The highest BCUT2D eigenvalue weighted by Gasteiger charge is 2.15. The highest BCUT2D eigenvalue weighted by Crippen LogP contribution is 2.29. The minimum absolute atomic E-state index is 0.181. The standard InChI is InChI=1S/C22H22N4OS/c27-21(19-10-7-13-23-22(19)28-18-8-3-1-4-9-18)25-17-11-12-20(24-16-17)26-14-5-2-6-15-26/h1,3-4,7-13,16H,2,5-6,14-15H2,(H,25,27). The van der Waals surface area contributed by atoms with Crippen LogP contribution in [-0.4, -0.2) is 29.0 Å². The number of anilines is 2. The van der Waals surface area contributed by atoms with Crippen LogP contribution in [0.5, 0.6) is 0 Å². The van der Waals surface area contributed by atoms with Crippen LogP contribution in [0.1, 0.15) is 29.6 Å². The number of benzene rings is 1. The van der Waals surface area contributed by atoms with E-state index in [1.54, 1.807) is 24.5 Å². The van der Waals surface area contributed by atoms with Gasteiger partial charge in [-0.1, -0.05) is 30.0 Å². The summed E-state index contributed by atoms with van der Waals surface area (Å²) in [6, 6.07) is 17.4. The van der Waals surface area contributed by atoms with E-state index in [9.17, 15) is 4.79 Å². The zero-order valence-electron chi connectivity index (χ0n) is 15.5. The minimum atomic E-state index is -0.181. The molecule has 5 nitrogen and oxygen atoms in total. The summed E-state index contributed by atoms with van der Waals surface area (Å²) in [5, 5.41) is 3.63. The summed E-state index contributed by atoms with van der Waals surface area (Å²) in [6.07, 6.45) is 7.14. The molecule has 1 aliphatic heterocycles. The lowest BCUT2D eigenvalue weighted by molar-refractivity contribution is 0.102. The molecule has 0 unspecified atom stereocenters. The number of nitrogens with one attached hydrogen (secondary N) is 1. The van der Waals surface area contributed by atoms with E-state index < -0.39 is 0 Å². The van der Waals surface area contributed by atoms with E-state index in [-0.39, 0.29) is 5.91 Å². The van der Waals surface area contributed by atoms with Crippen molar-refractivity contribution < 1.29 is 4.79 Å². The number of rotatable bonds is 5. The second-order valence-electron chi connectivity index (χ2n) is 6.68. The maximum absolute atomic E-state index is 12.8. The van der Waals surface area contributed by atoms with Gasteiger partial charge in [-0.05, 0) is 55.7 Å². The summed E-state index contributed by atoms with van der Waals surface area (Å²) in [6.45, 7) is 2.10. The molecule has 1 fully saturated rings. The Hall–Kier alpha value is -2.86. The third kappa shape index (κ3) is 4.51. The van der Waals surface area contributed by atoms with Crippen molar-refractivity contribution in [1.29, 1.82) is 0 Å². The van der Waals surface area contributed by atoms with Crippen molar-refractivity contribution in [1.82, 2.24) is 9.97 Å². The third-order valence-corrected chi connectivity index (χ3v) is 5.69. The molecule has 1 aromatic carbocycles. The van der Waals surface area contributed by atoms with Gasteiger partial charge in [-0.25, -0.2) is 9.97 Å². The number of piperidine rings is 1. The molecule has 1 saturated heterocycles. The molecule has 2 aromatic heterocycles. The smallest absolute Gasteiger partial charge is 0.258 e. The molecule has 1 amide bonds. The van der Waals surface area contributed by atoms with Crippen LogP contribution in [-0.2, 0) is 0 Å². The zero-order chi connectivity index (χ0) is 19.2. The van der Waals surface area contributed by atoms with Crippen molar-refractivity contribution in [2.45, 2.75) is 29.2 Å². The Bertz CT molecular complexity index is 925. The van der Waals surface area contributed by atoms with Gasteiger partial charge in [0.15, 0.2) is 0 Å². The van der Waals surface area contributed by atoms with Gasteiger partial charge in [-0.2, -0.15) is 0 Å². The van der Waals surface area contributed by atoms with Gasteiger partial charge in [-0.15, -0.1) is 0 Å². The average molecular weight is 391 g/mol. The fraction of sp³-hybridized carbons (Fsp3) is 0.227. The largest absolute Gasteiger partial charge is 0.357 e. The number of carbonyl (C=O) groups is 1. The Morgan fingerprint density at radius 2 is 1.75 bits per heavy atom. The molecule has 0 radical (unpaired) electrons. The Morgan fingerprint density at radius 1 is 0.929 bits per heavy atom. The lowest BCUT2D eigenvalue weighted by Gasteiger charge is -2.27. The fourth-order valence-corrected chi connectivity index (χ4v) is 4.11. The van der Waals surface area contributed by atoms with Crippen molar-refractivity contribution in [3.8, 4) is 0 Å². The Balaban J connectivity index is 1.46. The average Bonchev–Trinajstić information content (AvgIpc) is 2.76. The van der Waals surface area contributed by atoms with Gasteiger partial charge in [0.25, 0.3) is 5.91 Å². The summed E-state index contributed by atoms with van der Waals surface area (Å²) >= 11 is 1.48. The Morgan fingerprint density at radius 3 is 2.50 bits per heavy atom. The van der Waals surface area contributed by atoms with E-state index in [0.717, 1.165) is 23.8 Å². The van der Waals surface area contributed by atoms with Crippen LogP contribution in [0.3, 0.4) is 0 Å². The van der Waals surface area contributed by atoms with Gasteiger partial charge in [0.1, 0.15) is 10.8 Å². The van der Waals surface area contributed by atoms with Crippen LogP contribution in [0.25, 0.3) is 0 Å². The molecule has 0 spiro atoms. The van der Waals surface area contributed by atoms with Crippen molar-refractivity contribution in [3.63, 3.8) is 0 Å². The maximum Gasteiger partial charge on any atom is 0.258 e. The second-order valence-corrected chi connectivity index (χ2v) is 7.74. The lowest BCUT2D eigenvalue weighted by Crippen LogP contribution is -2.30. The topological polar surface area (TPSA) is 58.1 Å².